The van der Waals surface area contributed by atoms with Crippen LogP contribution >= 0.6 is 7.82 Å². The van der Waals surface area contributed by atoms with Crippen molar-refractivity contribution in [1.82, 2.24) is 0 Å². The monoisotopic (exact) mass is 456 g/mol. The number of quaternary nitrogens is 1. The van der Waals surface area contributed by atoms with Crippen molar-refractivity contribution in [2.75, 3.05) is 40.9 Å². The summed E-state index contributed by atoms with van der Waals surface area (Å²) in [4.78, 5) is 26.5. The molecule has 0 amide bonds. The number of likely N-dealkylation sites (N-methyl/N-ethyl adjacent to an activating group) is 1. The summed E-state index contributed by atoms with van der Waals surface area (Å²) < 4.78 is 22.5. The molecule has 3 N–H and O–H groups in total. The number of Topliss-reactive ketones (excluding diaryl/α,β-unsaturated/α-hetero) is 1. The first-order valence-electron chi connectivity index (χ1n) is 10.9. The number of nitrogens with zero attached hydrogens (tertiary/aromatic N) is 1. The summed E-state index contributed by atoms with van der Waals surface area (Å²) in [5.41, 5.74) is 0. The van der Waals surface area contributed by atoms with Gasteiger partial charge >= 0.3 is 7.82 Å². The van der Waals surface area contributed by atoms with Gasteiger partial charge in [0.2, 0.25) is 0 Å². The van der Waals surface area contributed by atoms with E-state index in [1.165, 1.54) is 32.1 Å². The Hall–Kier alpha value is -0.380. The molecule has 0 aromatic carbocycles. The van der Waals surface area contributed by atoms with Gasteiger partial charge in [-0.2, -0.15) is 0 Å². The highest BCUT2D eigenvalue weighted by Crippen LogP contribution is 2.45. The number of hydrogen-bond acceptors (Lipinski definition) is 7. The van der Waals surface area contributed by atoms with Crippen LogP contribution in [0.15, 0.2) is 0 Å². The number of aliphatic hydroxyl groups excluding tert-OH is 1. The molecule has 0 radical (unpaired) electrons. The molecule has 2 unspecified atom stereocenters. The van der Waals surface area contributed by atoms with E-state index >= 15 is 0 Å². The first kappa shape index (κ1) is 29.6. The lowest BCUT2D eigenvalue weighted by Crippen LogP contribution is -2.45. The molecule has 0 fully saturated rings. The van der Waals surface area contributed by atoms with Gasteiger partial charge in [0.15, 0.2) is 11.9 Å². The Morgan fingerprint density at radius 2 is 1.53 bits per heavy atom. The van der Waals surface area contributed by atoms with Gasteiger partial charge in [0.1, 0.15) is 12.6 Å². The Morgan fingerprint density at radius 1 is 1.00 bits per heavy atom. The van der Waals surface area contributed by atoms with Gasteiger partial charge in [-0.1, -0.05) is 58.3 Å². The molecule has 30 heavy (non-hydrogen) atoms. The van der Waals surface area contributed by atoms with E-state index in [1.807, 2.05) is 21.1 Å². The van der Waals surface area contributed by atoms with Crippen LogP contribution in [0.2, 0.25) is 0 Å². The van der Waals surface area contributed by atoms with Crippen LogP contribution in [-0.4, -0.2) is 78.6 Å². The third kappa shape index (κ3) is 16.3. The molecule has 0 rings (SSSR count). The summed E-state index contributed by atoms with van der Waals surface area (Å²) in [7, 11) is 0.996. The second-order valence-electron chi connectivity index (χ2n) is 8.79. The second-order valence-corrected chi connectivity index (χ2v) is 10.2. The number of ketones is 1. The van der Waals surface area contributed by atoms with Crippen molar-refractivity contribution in [2.45, 2.75) is 83.3 Å². The Morgan fingerprint density at radius 3 is 2.00 bits per heavy atom. The predicted octanol–water partition coefficient (Wildman–Crippen LogP) is 3.54. The van der Waals surface area contributed by atoms with E-state index in [9.17, 15) is 14.3 Å². The molecular weight excluding hydrogens is 413 g/mol. The molecule has 10 heteroatoms. The fraction of sp³-hybridized carbons (Fsp3) is 0.950. The summed E-state index contributed by atoms with van der Waals surface area (Å²) in [6, 6.07) is 0. The van der Waals surface area contributed by atoms with Crippen LogP contribution in [0.4, 0.5) is 0 Å². The zero-order valence-electron chi connectivity index (χ0n) is 19.1. The summed E-state index contributed by atoms with van der Waals surface area (Å²) in [6.07, 6.45) is 8.19. The van der Waals surface area contributed by atoms with Crippen LogP contribution in [0.3, 0.4) is 0 Å². The zero-order chi connectivity index (χ0) is 23.0. The molecule has 0 aromatic heterocycles. The zero-order valence-corrected chi connectivity index (χ0v) is 20.0. The molecule has 0 aromatic rings. The van der Waals surface area contributed by atoms with Crippen molar-refractivity contribution in [3.05, 3.63) is 0 Å². The van der Waals surface area contributed by atoms with Crippen LogP contribution in [-0.2, 0) is 23.3 Å². The van der Waals surface area contributed by atoms with Crippen molar-refractivity contribution in [3.8, 4) is 0 Å². The number of aliphatic hydroxyl groups is 1. The van der Waals surface area contributed by atoms with Crippen molar-refractivity contribution in [1.29, 1.82) is 0 Å². The lowest BCUT2D eigenvalue weighted by molar-refractivity contribution is -0.872. The predicted molar refractivity (Wildman–Crippen MR) is 115 cm³/mol. The maximum atomic E-state index is 12.6. The molecule has 0 saturated heterocycles. The third-order valence-electron chi connectivity index (χ3n) is 4.64. The summed E-state index contributed by atoms with van der Waals surface area (Å²) in [6.45, 7) is 1.26. The van der Waals surface area contributed by atoms with Gasteiger partial charge in [-0.25, -0.2) is 9.45 Å². The van der Waals surface area contributed by atoms with E-state index in [1.54, 1.807) is 0 Å². The van der Waals surface area contributed by atoms with Crippen LogP contribution in [0.1, 0.15) is 71.1 Å². The maximum absolute atomic E-state index is 12.6. The van der Waals surface area contributed by atoms with E-state index in [2.05, 4.69) is 11.8 Å². The van der Waals surface area contributed by atoms with Crippen molar-refractivity contribution in [2.24, 2.45) is 0 Å². The minimum absolute atomic E-state index is 0.212. The molecule has 0 aliphatic rings. The average molecular weight is 457 g/mol. The van der Waals surface area contributed by atoms with E-state index in [4.69, 9.17) is 19.4 Å². The van der Waals surface area contributed by atoms with Gasteiger partial charge in [-0.15, -0.1) is 0 Å². The molecule has 0 aliphatic heterocycles. The number of rotatable bonds is 20. The Kier molecular flexibility index (Phi) is 16.1. The van der Waals surface area contributed by atoms with E-state index in [-0.39, 0.29) is 18.7 Å². The van der Waals surface area contributed by atoms with Crippen LogP contribution in [0.5, 0.6) is 0 Å². The number of phosphoric acid groups is 1. The van der Waals surface area contributed by atoms with Gasteiger partial charge in [0.25, 0.3) is 0 Å². The fourth-order valence-corrected chi connectivity index (χ4v) is 3.87. The fourth-order valence-electron chi connectivity index (χ4n) is 2.95. The molecule has 0 heterocycles. The minimum Gasteiger partial charge on any atom is -0.393 e. The molecular formula is C20H43NO8P+. The number of carbonyl (C=O) groups is 1. The lowest BCUT2D eigenvalue weighted by Gasteiger charge is -2.29. The van der Waals surface area contributed by atoms with E-state index in [0.717, 1.165) is 19.3 Å². The standard InChI is InChI=1S/C20H42NO8P/c1-5-6-7-8-9-10-11-12-13-14-19(23)20(15-21(2,3)4)29-30(25,26)27-17-18(16-22)28-24/h18,20,22H,5-17H2,1-4H3,(H-,24,25,26)/p+1/t18-,20?/m1/s1. The maximum Gasteiger partial charge on any atom is 0.473 e. The number of hydrogen-bond donors (Lipinski definition) is 3. The number of unbranched alkanes of at least 4 members (excludes halogenated alkanes) is 8. The number of phosphoric ester groups is 1. The van der Waals surface area contributed by atoms with Crippen LogP contribution < -0.4 is 0 Å². The Balaban J connectivity index is 4.49. The molecule has 3 atom stereocenters. The largest absolute Gasteiger partial charge is 0.473 e. The topological polar surface area (TPSA) is 123 Å². The minimum atomic E-state index is -4.57. The van der Waals surface area contributed by atoms with Gasteiger partial charge < -0.3 is 14.5 Å². The highest BCUT2D eigenvalue weighted by Gasteiger charge is 2.35. The molecule has 0 bridgehead atoms. The van der Waals surface area contributed by atoms with Gasteiger partial charge in [-0.05, 0) is 6.42 Å². The summed E-state index contributed by atoms with van der Waals surface area (Å²) >= 11 is 0. The highest BCUT2D eigenvalue weighted by atomic mass is 31.2. The quantitative estimate of drug-likeness (QED) is 0.0836. The van der Waals surface area contributed by atoms with E-state index in [0.29, 0.717) is 10.9 Å². The molecule has 9 nitrogen and oxygen atoms in total. The molecule has 0 spiro atoms. The average Bonchev–Trinajstić information content (AvgIpc) is 2.65. The van der Waals surface area contributed by atoms with E-state index < -0.39 is 33.2 Å². The van der Waals surface area contributed by atoms with Crippen molar-refractivity contribution in [3.63, 3.8) is 0 Å². The lowest BCUT2D eigenvalue weighted by atomic mass is 10.0. The Labute approximate surface area is 181 Å². The van der Waals surface area contributed by atoms with Crippen molar-refractivity contribution < 1.29 is 43.0 Å². The van der Waals surface area contributed by atoms with Gasteiger partial charge in [-0.3, -0.25) is 19.1 Å². The SMILES string of the molecule is CCCCCCCCCCCC(=O)C(C[N+](C)(C)C)OP(=O)(O)OC[C@@H](CO)OO. The Bertz CT molecular complexity index is 494. The van der Waals surface area contributed by atoms with Crippen molar-refractivity contribution >= 4 is 13.6 Å². The summed E-state index contributed by atoms with van der Waals surface area (Å²) in [5.74, 6) is -0.235. The highest BCUT2D eigenvalue weighted by molar-refractivity contribution is 7.47. The molecule has 0 aliphatic carbocycles. The van der Waals surface area contributed by atoms with Gasteiger partial charge in [0.05, 0.1) is 34.4 Å². The number of carbonyl (C=O) groups excluding carboxylic acids is 1. The third-order valence-corrected chi connectivity index (χ3v) is 5.63. The van der Waals surface area contributed by atoms with Gasteiger partial charge in [0, 0.05) is 6.42 Å². The normalized spacial score (nSPS) is 16.2. The smallest absolute Gasteiger partial charge is 0.393 e. The summed E-state index contributed by atoms with van der Waals surface area (Å²) in [5, 5.41) is 17.5. The first-order valence-corrected chi connectivity index (χ1v) is 12.4. The van der Waals surface area contributed by atoms with Crippen LogP contribution in [0.25, 0.3) is 0 Å². The molecule has 0 saturated carbocycles. The molecule has 180 valence electrons. The first-order chi connectivity index (χ1) is 14.0. The second kappa shape index (κ2) is 16.3. The van der Waals surface area contributed by atoms with Crippen LogP contribution in [0, 0.1) is 0 Å².